The Labute approximate surface area is 109 Å². The Hall–Kier alpha value is -1.40. The lowest BCUT2D eigenvalue weighted by Crippen LogP contribution is -2.48. The molecule has 1 aliphatic heterocycles. The quantitative estimate of drug-likeness (QED) is 0.878. The molecule has 5 nitrogen and oxygen atoms in total. The number of morpholine rings is 1. The molecular formula is C12H15NO4S. The predicted molar refractivity (Wildman–Crippen MR) is 67.1 cm³/mol. The molecule has 1 fully saturated rings. The first-order chi connectivity index (χ1) is 8.49. The smallest absolute Gasteiger partial charge is 0.334 e. The van der Waals surface area contributed by atoms with E-state index in [0.717, 1.165) is 10.4 Å². The number of hydrogen-bond donors (Lipinski definition) is 1. The van der Waals surface area contributed by atoms with Gasteiger partial charge < -0.3 is 14.7 Å². The molecule has 1 saturated heterocycles. The summed E-state index contributed by atoms with van der Waals surface area (Å²) >= 11 is 1.45. The molecule has 2 heterocycles. The average molecular weight is 269 g/mol. The summed E-state index contributed by atoms with van der Waals surface area (Å²) in [5, 5.41) is 8.90. The van der Waals surface area contributed by atoms with Crippen molar-refractivity contribution in [2.45, 2.75) is 20.0 Å². The molecule has 0 radical (unpaired) electrons. The number of rotatable bonds is 2. The van der Waals surface area contributed by atoms with Gasteiger partial charge in [0, 0.05) is 11.4 Å². The van der Waals surface area contributed by atoms with Crippen molar-refractivity contribution >= 4 is 23.2 Å². The van der Waals surface area contributed by atoms with Crippen molar-refractivity contribution in [2.75, 3.05) is 19.7 Å². The Balaban J connectivity index is 2.11. The number of hydrogen-bond acceptors (Lipinski definition) is 4. The molecule has 1 aliphatic rings. The average Bonchev–Trinajstić information content (AvgIpc) is 2.69. The molecule has 0 bridgehead atoms. The number of carbonyl (C=O) groups is 2. The first kappa shape index (κ1) is 13.0. The van der Waals surface area contributed by atoms with E-state index in [1.807, 2.05) is 19.9 Å². The molecule has 18 heavy (non-hydrogen) atoms. The molecule has 1 aromatic heterocycles. The van der Waals surface area contributed by atoms with E-state index in [1.165, 1.54) is 11.3 Å². The number of thiophene rings is 1. The van der Waals surface area contributed by atoms with E-state index < -0.39 is 12.1 Å². The Bertz CT molecular complexity index is 463. The lowest BCUT2D eigenvalue weighted by atomic mass is 10.2. The summed E-state index contributed by atoms with van der Waals surface area (Å²) in [7, 11) is 0. The van der Waals surface area contributed by atoms with Gasteiger partial charge in [-0.1, -0.05) is 0 Å². The monoisotopic (exact) mass is 269 g/mol. The summed E-state index contributed by atoms with van der Waals surface area (Å²) in [6, 6.07) is 1.85. The molecule has 0 unspecified atom stereocenters. The fraction of sp³-hybridized carbons (Fsp3) is 0.500. The second-order valence-corrected chi connectivity index (χ2v) is 5.56. The molecule has 1 aromatic rings. The Morgan fingerprint density at radius 2 is 2.22 bits per heavy atom. The highest BCUT2D eigenvalue weighted by atomic mass is 32.1. The van der Waals surface area contributed by atoms with Gasteiger partial charge in [0.05, 0.1) is 18.0 Å². The maximum absolute atomic E-state index is 12.2. The zero-order valence-corrected chi connectivity index (χ0v) is 11.1. The van der Waals surface area contributed by atoms with Gasteiger partial charge in [-0.2, -0.15) is 0 Å². The van der Waals surface area contributed by atoms with Crippen LogP contribution in [0.5, 0.6) is 0 Å². The van der Waals surface area contributed by atoms with Crippen molar-refractivity contribution in [3.63, 3.8) is 0 Å². The van der Waals surface area contributed by atoms with E-state index in [0.29, 0.717) is 11.4 Å². The maximum atomic E-state index is 12.2. The molecule has 6 heteroatoms. The highest BCUT2D eigenvalue weighted by Crippen LogP contribution is 2.22. The van der Waals surface area contributed by atoms with Crippen LogP contribution in [-0.4, -0.2) is 47.7 Å². The van der Waals surface area contributed by atoms with Crippen LogP contribution in [0, 0.1) is 13.8 Å². The van der Waals surface area contributed by atoms with Crippen LogP contribution in [0.4, 0.5) is 0 Å². The molecule has 1 atom stereocenters. The van der Waals surface area contributed by atoms with Crippen molar-refractivity contribution in [2.24, 2.45) is 0 Å². The summed E-state index contributed by atoms with van der Waals surface area (Å²) in [6.45, 7) is 4.76. The normalized spacial score (nSPS) is 19.9. The van der Waals surface area contributed by atoms with Gasteiger partial charge in [0.2, 0.25) is 0 Å². The standard InChI is InChI=1S/C12H15NO4S/c1-7-5-10(18-8(7)2)11(14)13-3-4-17-9(6-13)12(15)16/h5,9H,3-4,6H2,1-2H3,(H,15,16)/t9-/m0/s1. The summed E-state index contributed by atoms with van der Waals surface area (Å²) < 4.78 is 5.09. The molecule has 1 N–H and O–H groups in total. The lowest BCUT2D eigenvalue weighted by Gasteiger charge is -2.30. The first-order valence-electron chi connectivity index (χ1n) is 5.69. The van der Waals surface area contributed by atoms with Crippen LogP contribution in [0.15, 0.2) is 6.07 Å². The lowest BCUT2D eigenvalue weighted by molar-refractivity contribution is -0.154. The first-order valence-corrected chi connectivity index (χ1v) is 6.51. The summed E-state index contributed by atoms with van der Waals surface area (Å²) in [4.78, 5) is 26.4. The Morgan fingerprint density at radius 3 is 2.78 bits per heavy atom. The van der Waals surface area contributed by atoms with Crippen molar-refractivity contribution in [3.05, 3.63) is 21.4 Å². The number of ether oxygens (including phenoxy) is 1. The van der Waals surface area contributed by atoms with E-state index in [-0.39, 0.29) is 19.1 Å². The molecule has 0 aliphatic carbocycles. The predicted octanol–water partition coefficient (Wildman–Crippen LogP) is 1.29. The second-order valence-electron chi connectivity index (χ2n) is 4.30. The van der Waals surface area contributed by atoms with Crippen LogP contribution in [-0.2, 0) is 9.53 Å². The maximum Gasteiger partial charge on any atom is 0.334 e. The van der Waals surface area contributed by atoms with Crippen molar-refractivity contribution in [3.8, 4) is 0 Å². The van der Waals surface area contributed by atoms with Gasteiger partial charge in [-0.15, -0.1) is 11.3 Å². The van der Waals surface area contributed by atoms with Gasteiger partial charge in [-0.05, 0) is 25.5 Å². The van der Waals surface area contributed by atoms with Crippen molar-refractivity contribution < 1.29 is 19.4 Å². The number of carboxylic acid groups (broad SMARTS) is 1. The van der Waals surface area contributed by atoms with Gasteiger partial charge in [0.1, 0.15) is 0 Å². The third-order valence-corrected chi connectivity index (χ3v) is 4.15. The van der Waals surface area contributed by atoms with Crippen LogP contribution in [0.3, 0.4) is 0 Å². The van der Waals surface area contributed by atoms with Crippen LogP contribution in [0.25, 0.3) is 0 Å². The molecule has 0 saturated carbocycles. The van der Waals surface area contributed by atoms with Crippen LogP contribution < -0.4 is 0 Å². The molecule has 0 spiro atoms. The SMILES string of the molecule is Cc1cc(C(=O)N2CCO[C@H](C(=O)O)C2)sc1C. The molecule has 1 amide bonds. The Morgan fingerprint density at radius 1 is 1.50 bits per heavy atom. The van der Waals surface area contributed by atoms with Gasteiger partial charge in [-0.25, -0.2) is 4.79 Å². The van der Waals surface area contributed by atoms with Crippen LogP contribution in [0.2, 0.25) is 0 Å². The van der Waals surface area contributed by atoms with Crippen LogP contribution in [0.1, 0.15) is 20.1 Å². The highest BCUT2D eigenvalue weighted by molar-refractivity contribution is 7.14. The minimum Gasteiger partial charge on any atom is -0.479 e. The molecular weight excluding hydrogens is 254 g/mol. The summed E-state index contributed by atoms with van der Waals surface area (Å²) in [6.07, 6.45) is -0.912. The van der Waals surface area contributed by atoms with E-state index in [1.54, 1.807) is 4.90 Å². The second kappa shape index (κ2) is 5.07. The zero-order chi connectivity index (χ0) is 13.3. The van der Waals surface area contributed by atoms with Gasteiger partial charge in [0.15, 0.2) is 6.10 Å². The number of amides is 1. The third kappa shape index (κ3) is 2.54. The van der Waals surface area contributed by atoms with E-state index in [9.17, 15) is 9.59 Å². The van der Waals surface area contributed by atoms with Crippen molar-refractivity contribution in [1.29, 1.82) is 0 Å². The third-order valence-electron chi connectivity index (χ3n) is 3.01. The highest BCUT2D eigenvalue weighted by Gasteiger charge is 2.30. The minimum atomic E-state index is -1.02. The largest absolute Gasteiger partial charge is 0.479 e. The summed E-state index contributed by atoms with van der Waals surface area (Å²) in [5.41, 5.74) is 1.09. The fourth-order valence-electron chi connectivity index (χ4n) is 1.82. The minimum absolute atomic E-state index is 0.106. The van der Waals surface area contributed by atoms with Gasteiger partial charge >= 0.3 is 5.97 Å². The fourth-order valence-corrected chi connectivity index (χ4v) is 2.82. The summed E-state index contributed by atoms with van der Waals surface area (Å²) in [5.74, 6) is -1.13. The molecule has 98 valence electrons. The number of aliphatic carboxylic acids is 1. The Kier molecular flexibility index (Phi) is 3.68. The van der Waals surface area contributed by atoms with Crippen molar-refractivity contribution in [1.82, 2.24) is 4.90 Å². The number of carboxylic acids is 1. The molecule has 2 rings (SSSR count). The number of nitrogens with zero attached hydrogens (tertiary/aromatic N) is 1. The van der Waals surface area contributed by atoms with Crippen LogP contribution >= 0.6 is 11.3 Å². The van der Waals surface area contributed by atoms with Gasteiger partial charge in [0.25, 0.3) is 5.91 Å². The van der Waals surface area contributed by atoms with E-state index in [4.69, 9.17) is 9.84 Å². The van der Waals surface area contributed by atoms with Gasteiger partial charge in [-0.3, -0.25) is 4.79 Å². The number of aryl methyl sites for hydroxylation is 2. The number of carbonyl (C=O) groups excluding carboxylic acids is 1. The van der Waals surface area contributed by atoms with E-state index in [2.05, 4.69) is 0 Å². The molecule has 0 aromatic carbocycles. The van der Waals surface area contributed by atoms with E-state index >= 15 is 0 Å². The topological polar surface area (TPSA) is 66.8 Å². The zero-order valence-electron chi connectivity index (χ0n) is 10.3.